The molecule has 1 aromatic heterocycles. The largest absolute Gasteiger partial charge is 0.444 e. The number of piperazine rings is 1. The van der Waals surface area contributed by atoms with E-state index in [0.29, 0.717) is 18.4 Å². The van der Waals surface area contributed by atoms with E-state index in [1.165, 1.54) is 12.4 Å². The Hall–Kier alpha value is -2.70. The summed E-state index contributed by atoms with van der Waals surface area (Å²) in [5, 5.41) is 0. The van der Waals surface area contributed by atoms with Crippen LogP contribution in [0.25, 0.3) is 11.4 Å². The number of amides is 1. The maximum absolute atomic E-state index is 13.0. The fourth-order valence-electron chi connectivity index (χ4n) is 3.79. The summed E-state index contributed by atoms with van der Waals surface area (Å²) in [5.41, 5.74) is 1.48. The van der Waals surface area contributed by atoms with Gasteiger partial charge in [0, 0.05) is 30.4 Å². The van der Waals surface area contributed by atoms with Crippen LogP contribution in [0, 0.1) is 5.82 Å². The molecule has 0 N–H and O–H groups in total. The van der Waals surface area contributed by atoms with Gasteiger partial charge in [-0.05, 0) is 51.5 Å². The van der Waals surface area contributed by atoms with E-state index in [2.05, 4.69) is 14.9 Å². The van der Waals surface area contributed by atoms with Gasteiger partial charge in [-0.2, -0.15) is 0 Å². The van der Waals surface area contributed by atoms with Crippen molar-refractivity contribution >= 4 is 11.8 Å². The van der Waals surface area contributed by atoms with Crippen LogP contribution >= 0.6 is 0 Å². The zero-order chi connectivity index (χ0) is 19.2. The van der Waals surface area contributed by atoms with Crippen LogP contribution in [0.15, 0.2) is 36.7 Å². The molecule has 0 spiro atoms. The summed E-state index contributed by atoms with van der Waals surface area (Å²) in [5.74, 6) is 0.0556. The average molecular weight is 370 g/mol. The molecule has 1 amide bonds. The van der Waals surface area contributed by atoms with E-state index in [0.717, 1.165) is 24.2 Å². The van der Waals surface area contributed by atoms with Crippen molar-refractivity contribution in [2.75, 3.05) is 18.0 Å². The van der Waals surface area contributed by atoms with Crippen LogP contribution in [0.3, 0.4) is 0 Å². The predicted molar refractivity (Wildman–Crippen MR) is 99.9 cm³/mol. The predicted octanol–water partition coefficient (Wildman–Crippen LogP) is 3.48. The van der Waals surface area contributed by atoms with Gasteiger partial charge in [-0.15, -0.1) is 0 Å². The number of fused-ring (bicyclic) bond motifs is 2. The molecule has 0 unspecified atom stereocenters. The lowest BCUT2D eigenvalue weighted by molar-refractivity contribution is 0.0215. The fourth-order valence-corrected chi connectivity index (χ4v) is 3.79. The lowest BCUT2D eigenvalue weighted by Gasteiger charge is -2.36. The molecule has 2 aliphatic heterocycles. The number of ether oxygens (including phenoxy) is 1. The van der Waals surface area contributed by atoms with Crippen molar-refractivity contribution in [1.82, 2.24) is 14.9 Å². The number of benzene rings is 1. The number of likely N-dealkylation sites (tertiary alicyclic amines) is 1. The van der Waals surface area contributed by atoms with Gasteiger partial charge in [0.1, 0.15) is 5.60 Å². The first-order valence-electron chi connectivity index (χ1n) is 9.14. The molecule has 0 radical (unpaired) electrons. The standard InChI is InChI=1S/C20H23FN4O2/c1-20(2,3)27-19(26)25-12-16-8-17(25)11-24(16)15-6-4-13(5-7-15)18-22-9-14(21)10-23-18/h4-7,9-10,16-17H,8,11-12H2,1-3H3/t16-,17-/m0/s1. The fraction of sp³-hybridized carbons (Fsp3) is 0.450. The first-order valence-corrected chi connectivity index (χ1v) is 9.14. The normalized spacial score (nSPS) is 21.6. The van der Waals surface area contributed by atoms with Gasteiger partial charge in [-0.3, -0.25) is 0 Å². The van der Waals surface area contributed by atoms with E-state index in [4.69, 9.17) is 4.74 Å². The highest BCUT2D eigenvalue weighted by molar-refractivity contribution is 5.70. The quantitative estimate of drug-likeness (QED) is 0.810. The molecule has 142 valence electrons. The van der Waals surface area contributed by atoms with E-state index in [9.17, 15) is 9.18 Å². The summed E-state index contributed by atoms with van der Waals surface area (Å²) in [4.78, 5) is 24.6. The van der Waals surface area contributed by atoms with E-state index in [1.54, 1.807) is 0 Å². The summed E-state index contributed by atoms with van der Waals surface area (Å²) in [6, 6.07) is 8.43. The van der Waals surface area contributed by atoms with Crippen LogP contribution in [-0.4, -0.2) is 51.7 Å². The topological polar surface area (TPSA) is 58.6 Å². The number of nitrogens with zero attached hydrogens (tertiary/aromatic N) is 4. The van der Waals surface area contributed by atoms with Gasteiger partial charge in [-0.25, -0.2) is 19.2 Å². The second kappa shape index (κ2) is 6.48. The Bertz CT molecular complexity index is 833. The van der Waals surface area contributed by atoms with E-state index >= 15 is 0 Å². The smallest absolute Gasteiger partial charge is 0.410 e. The number of aromatic nitrogens is 2. The second-order valence-corrected chi connectivity index (χ2v) is 8.10. The molecule has 6 nitrogen and oxygen atoms in total. The Morgan fingerprint density at radius 2 is 1.78 bits per heavy atom. The highest BCUT2D eigenvalue weighted by Gasteiger charge is 2.46. The first-order chi connectivity index (χ1) is 12.8. The van der Waals surface area contributed by atoms with Crippen molar-refractivity contribution in [1.29, 1.82) is 0 Å². The minimum absolute atomic E-state index is 0.185. The molecule has 27 heavy (non-hydrogen) atoms. The van der Waals surface area contributed by atoms with Crippen LogP contribution in [0.4, 0.5) is 14.9 Å². The molecule has 1 aromatic carbocycles. The van der Waals surface area contributed by atoms with Gasteiger partial charge >= 0.3 is 6.09 Å². The van der Waals surface area contributed by atoms with Gasteiger partial charge in [0.15, 0.2) is 11.6 Å². The minimum atomic E-state index is -0.475. The lowest BCUT2D eigenvalue weighted by Crippen LogP contribution is -2.50. The molecular formula is C20H23FN4O2. The van der Waals surface area contributed by atoms with Crippen molar-refractivity contribution < 1.29 is 13.9 Å². The monoisotopic (exact) mass is 370 g/mol. The molecule has 7 heteroatoms. The van der Waals surface area contributed by atoms with E-state index in [-0.39, 0.29) is 12.1 Å². The number of anilines is 1. The Kier molecular flexibility index (Phi) is 4.25. The molecule has 2 aliphatic rings. The Morgan fingerprint density at radius 1 is 1.11 bits per heavy atom. The van der Waals surface area contributed by atoms with Crippen LogP contribution in [0.2, 0.25) is 0 Å². The van der Waals surface area contributed by atoms with Crippen LogP contribution < -0.4 is 4.90 Å². The maximum Gasteiger partial charge on any atom is 0.410 e. The first kappa shape index (κ1) is 17.7. The molecule has 2 bridgehead atoms. The zero-order valence-electron chi connectivity index (χ0n) is 15.7. The maximum atomic E-state index is 13.0. The Balaban J connectivity index is 1.43. The summed E-state index contributed by atoms with van der Waals surface area (Å²) < 4.78 is 18.5. The van der Waals surface area contributed by atoms with Gasteiger partial charge in [-0.1, -0.05) is 0 Å². The molecule has 4 rings (SSSR count). The zero-order valence-corrected chi connectivity index (χ0v) is 15.7. The van der Waals surface area contributed by atoms with Crippen LogP contribution in [0.5, 0.6) is 0 Å². The van der Waals surface area contributed by atoms with Gasteiger partial charge in [0.25, 0.3) is 0 Å². The van der Waals surface area contributed by atoms with Gasteiger partial charge in [0.2, 0.25) is 0 Å². The number of carbonyl (C=O) groups is 1. The van der Waals surface area contributed by atoms with Crippen molar-refractivity contribution in [3.8, 4) is 11.4 Å². The molecule has 0 aliphatic carbocycles. The van der Waals surface area contributed by atoms with Crippen molar-refractivity contribution in [2.45, 2.75) is 44.9 Å². The SMILES string of the molecule is CC(C)(C)OC(=O)N1C[C@@H]2C[C@H]1CN2c1ccc(-c2ncc(F)cn2)cc1. The summed E-state index contributed by atoms with van der Waals surface area (Å²) in [6.45, 7) is 7.15. The van der Waals surface area contributed by atoms with Crippen molar-refractivity contribution in [3.05, 3.63) is 42.5 Å². The lowest BCUT2D eigenvalue weighted by atomic mass is 10.1. The van der Waals surface area contributed by atoms with Gasteiger partial charge < -0.3 is 14.5 Å². The van der Waals surface area contributed by atoms with E-state index in [1.807, 2.05) is 49.9 Å². The van der Waals surface area contributed by atoms with Gasteiger partial charge in [0.05, 0.1) is 18.4 Å². The van der Waals surface area contributed by atoms with Crippen LogP contribution in [0.1, 0.15) is 27.2 Å². The molecule has 2 aromatic rings. The third kappa shape index (κ3) is 3.59. The third-order valence-electron chi connectivity index (χ3n) is 4.95. The average Bonchev–Trinajstić information content (AvgIpc) is 3.22. The Morgan fingerprint density at radius 3 is 2.33 bits per heavy atom. The minimum Gasteiger partial charge on any atom is -0.444 e. The summed E-state index contributed by atoms with van der Waals surface area (Å²) in [6.07, 6.45) is 3.07. The molecular weight excluding hydrogens is 347 g/mol. The highest BCUT2D eigenvalue weighted by atomic mass is 19.1. The van der Waals surface area contributed by atoms with E-state index < -0.39 is 11.4 Å². The molecule has 2 atom stereocenters. The number of hydrogen-bond donors (Lipinski definition) is 0. The molecule has 3 heterocycles. The molecule has 0 saturated carbocycles. The van der Waals surface area contributed by atoms with Crippen LogP contribution in [-0.2, 0) is 4.74 Å². The number of carbonyl (C=O) groups excluding carboxylic acids is 1. The second-order valence-electron chi connectivity index (χ2n) is 8.10. The third-order valence-corrected chi connectivity index (χ3v) is 4.95. The highest BCUT2D eigenvalue weighted by Crippen LogP contribution is 2.35. The molecule has 2 saturated heterocycles. The number of halogens is 1. The molecule has 2 fully saturated rings. The van der Waals surface area contributed by atoms with Crippen molar-refractivity contribution in [2.24, 2.45) is 0 Å². The number of hydrogen-bond acceptors (Lipinski definition) is 5. The summed E-state index contributed by atoms with van der Waals surface area (Å²) >= 11 is 0. The van der Waals surface area contributed by atoms with Crippen molar-refractivity contribution in [3.63, 3.8) is 0 Å². The Labute approximate surface area is 158 Å². The summed E-state index contributed by atoms with van der Waals surface area (Å²) in [7, 11) is 0. The number of rotatable bonds is 2.